The van der Waals surface area contributed by atoms with Gasteiger partial charge < -0.3 is 15.2 Å². The Morgan fingerprint density at radius 3 is 2.70 bits per heavy atom. The van der Waals surface area contributed by atoms with Crippen molar-refractivity contribution in [2.45, 2.75) is 13.0 Å². The highest BCUT2D eigenvalue weighted by Crippen LogP contribution is 2.37. The van der Waals surface area contributed by atoms with Crippen LogP contribution in [0.3, 0.4) is 0 Å². The van der Waals surface area contributed by atoms with Gasteiger partial charge in [-0.2, -0.15) is 0 Å². The molecule has 0 saturated heterocycles. The van der Waals surface area contributed by atoms with E-state index < -0.39 is 11.9 Å². The molecule has 0 aliphatic rings. The normalized spacial score (nSPS) is 11.9. The highest BCUT2D eigenvalue weighted by Gasteiger charge is 2.20. The number of nitrogens with zero attached hydrogens (tertiary/aromatic N) is 2. The SMILES string of the molecule is COc1ncccc1-c1cnc(N)c(OC(C)c2c(Cl)ccc(F)c2Cl)c1. The Labute approximate surface area is 165 Å². The third kappa shape index (κ3) is 3.91. The highest BCUT2D eigenvalue weighted by atomic mass is 35.5. The Morgan fingerprint density at radius 1 is 1.19 bits per heavy atom. The van der Waals surface area contributed by atoms with Gasteiger partial charge in [0.25, 0.3) is 0 Å². The van der Waals surface area contributed by atoms with Crippen molar-refractivity contribution in [3.05, 3.63) is 64.2 Å². The fraction of sp³-hybridized carbons (Fsp3) is 0.158. The quantitative estimate of drug-likeness (QED) is 0.579. The van der Waals surface area contributed by atoms with Crippen LogP contribution in [-0.2, 0) is 0 Å². The van der Waals surface area contributed by atoms with Crippen LogP contribution in [0.2, 0.25) is 10.0 Å². The first-order chi connectivity index (χ1) is 12.9. The molecule has 0 spiro atoms. The summed E-state index contributed by atoms with van der Waals surface area (Å²) in [6.07, 6.45) is 2.56. The van der Waals surface area contributed by atoms with Crippen molar-refractivity contribution in [3.63, 3.8) is 0 Å². The molecule has 1 unspecified atom stereocenters. The molecule has 1 aromatic carbocycles. The number of nitrogen functional groups attached to an aromatic ring is 1. The van der Waals surface area contributed by atoms with Gasteiger partial charge in [0.1, 0.15) is 11.9 Å². The first kappa shape index (κ1) is 19.2. The van der Waals surface area contributed by atoms with E-state index in [4.69, 9.17) is 38.4 Å². The van der Waals surface area contributed by atoms with Gasteiger partial charge in [-0.15, -0.1) is 0 Å². The Kier molecular flexibility index (Phi) is 5.68. The molecule has 2 aromatic heterocycles. The topological polar surface area (TPSA) is 70.3 Å². The maximum Gasteiger partial charge on any atom is 0.221 e. The van der Waals surface area contributed by atoms with Crippen molar-refractivity contribution in [3.8, 4) is 22.8 Å². The number of pyridine rings is 2. The van der Waals surface area contributed by atoms with Gasteiger partial charge in [-0.1, -0.05) is 23.2 Å². The Hall–Kier alpha value is -2.57. The molecule has 3 aromatic rings. The van der Waals surface area contributed by atoms with Gasteiger partial charge in [0.05, 0.1) is 12.1 Å². The zero-order valence-corrected chi connectivity index (χ0v) is 16.1. The van der Waals surface area contributed by atoms with Crippen LogP contribution in [0.4, 0.5) is 10.2 Å². The van der Waals surface area contributed by atoms with Gasteiger partial charge in [0, 0.05) is 34.1 Å². The minimum atomic E-state index is -0.657. The molecule has 0 fully saturated rings. The van der Waals surface area contributed by atoms with Crippen molar-refractivity contribution >= 4 is 29.0 Å². The molecule has 5 nitrogen and oxygen atoms in total. The van der Waals surface area contributed by atoms with Gasteiger partial charge >= 0.3 is 0 Å². The van der Waals surface area contributed by atoms with Crippen molar-refractivity contribution in [1.29, 1.82) is 0 Å². The van der Waals surface area contributed by atoms with Gasteiger partial charge in [0.2, 0.25) is 5.88 Å². The molecule has 8 heteroatoms. The number of methoxy groups -OCH3 is 1. The molecule has 2 N–H and O–H groups in total. The molecular formula is C19H16Cl2FN3O2. The van der Waals surface area contributed by atoms with Crippen molar-refractivity contribution < 1.29 is 13.9 Å². The number of anilines is 1. The number of hydrogen-bond acceptors (Lipinski definition) is 5. The van der Waals surface area contributed by atoms with Gasteiger partial charge in [-0.05, 0) is 37.3 Å². The molecule has 0 radical (unpaired) electrons. The summed E-state index contributed by atoms with van der Waals surface area (Å²) in [4.78, 5) is 8.34. The van der Waals surface area contributed by atoms with E-state index in [0.29, 0.717) is 27.8 Å². The first-order valence-electron chi connectivity index (χ1n) is 7.97. The molecule has 0 amide bonds. The number of rotatable bonds is 5. The van der Waals surface area contributed by atoms with E-state index >= 15 is 0 Å². The van der Waals surface area contributed by atoms with E-state index in [1.807, 2.05) is 6.07 Å². The second-order valence-corrected chi connectivity index (χ2v) is 6.47. The van der Waals surface area contributed by atoms with Crippen molar-refractivity contribution in [2.24, 2.45) is 0 Å². The van der Waals surface area contributed by atoms with Crippen LogP contribution in [0.25, 0.3) is 11.1 Å². The molecule has 0 saturated carbocycles. The number of ether oxygens (including phenoxy) is 2. The minimum absolute atomic E-state index is 0.0911. The van der Waals surface area contributed by atoms with Crippen LogP contribution in [0.5, 0.6) is 11.6 Å². The second-order valence-electron chi connectivity index (χ2n) is 5.68. The average molecular weight is 408 g/mol. The Bertz CT molecular complexity index is 985. The predicted molar refractivity (Wildman–Crippen MR) is 104 cm³/mol. The summed E-state index contributed by atoms with van der Waals surface area (Å²) in [7, 11) is 1.53. The van der Waals surface area contributed by atoms with E-state index in [1.165, 1.54) is 19.2 Å². The zero-order chi connectivity index (χ0) is 19.6. The summed E-state index contributed by atoms with van der Waals surface area (Å²) in [6.45, 7) is 1.70. The van der Waals surface area contributed by atoms with E-state index in [2.05, 4.69) is 9.97 Å². The van der Waals surface area contributed by atoms with Gasteiger partial charge in [0.15, 0.2) is 11.6 Å². The highest BCUT2D eigenvalue weighted by molar-refractivity contribution is 6.36. The van der Waals surface area contributed by atoms with Crippen LogP contribution in [0.1, 0.15) is 18.6 Å². The predicted octanol–water partition coefficient (Wildman–Crippen LogP) is 5.32. The third-order valence-corrected chi connectivity index (χ3v) is 4.66. The van der Waals surface area contributed by atoms with Crippen LogP contribution in [-0.4, -0.2) is 17.1 Å². The van der Waals surface area contributed by atoms with E-state index in [9.17, 15) is 4.39 Å². The van der Waals surface area contributed by atoms with E-state index in [1.54, 1.807) is 31.5 Å². The number of halogens is 3. The summed E-state index contributed by atoms with van der Waals surface area (Å²) in [6, 6.07) is 7.96. The maximum atomic E-state index is 13.8. The largest absolute Gasteiger partial charge is 0.482 e. The van der Waals surface area contributed by atoms with Crippen LogP contribution < -0.4 is 15.2 Å². The number of hydrogen-bond donors (Lipinski definition) is 1. The molecule has 140 valence electrons. The Morgan fingerprint density at radius 2 is 1.96 bits per heavy atom. The number of nitrogens with two attached hydrogens (primary N) is 1. The molecule has 2 heterocycles. The first-order valence-corrected chi connectivity index (χ1v) is 8.73. The lowest BCUT2D eigenvalue weighted by Gasteiger charge is -2.19. The zero-order valence-electron chi connectivity index (χ0n) is 14.5. The maximum absolute atomic E-state index is 13.8. The summed E-state index contributed by atoms with van der Waals surface area (Å²) in [5, 5.41) is 0.206. The van der Waals surface area contributed by atoms with E-state index in [0.717, 1.165) is 5.56 Å². The molecule has 27 heavy (non-hydrogen) atoms. The second kappa shape index (κ2) is 7.98. The number of aromatic nitrogens is 2. The fourth-order valence-electron chi connectivity index (χ4n) is 2.63. The molecule has 3 rings (SSSR count). The molecule has 0 aliphatic heterocycles. The minimum Gasteiger partial charge on any atom is -0.482 e. The molecule has 0 bridgehead atoms. The van der Waals surface area contributed by atoms with Crippen molar-refractivity contribution in [2.75, 3.05) is 12.8 Å². The summed E-state index contributed by atoms with van der Waals surface area (Å²) < 4.78 is 25.0. The Balaban J connectivity index is 1.98. The van der Waals surface area contributed by atoms with Crippen molar-refractivity contribution in [1.82, 2.24) is 9.97 Å². The molecule has 1 atom stereocenters. The van der Waals surface area contributed by atoms with Crippen LogP contribution >= 0.6 is 23.2 Å². The smallest absolute Gasteiger partial charge is 0.221 e. The average Bonchev–Trinajstić information content (AvgIpc) is 2.67. The fourth-order valence-corrected chi connectivity index (χ4v) is 3.31. The van der Waals surface area contributed by atoms with Crippen LogP contribution in [0, 0.1) is 5.82 Å². The standard InChI is InChI=1S/C19H16Cl2FN3O2/c1-10(16-13(20)5-6-14(22)17(16)21)27-15-8-11(9-25-18(15)23)12-4-3-7-24-19(12)26-2/h3-10H,1-2H3,(H2,23,25). The summed E-state index contributed by atoms with van der Waals surface area (Å²) in [5.74, 6) is 0.352. The molecule has 0 aliphatic carbocycles. The van der Waals surface area contributed by atoms with E-state index in [-0.39, 0.29) is 10.8 Å². The summed E-state index contributed by atoms with van der Waals surface area (Å²) in [5.41, 5.74) is 7.71. The summed E-state index contributed by atoms with van der Waals surface area (Å²) >= 11 is 12.2. The lowest BCUT2D eigenvalue weighted by atomic mass is 10.1. The number of benzene rings is 1. The molecular weight excluding hydrogens is 392 g/mol. The van der Waals surface area contributed by atoms with Gasteiger partial charge in [-0.3, -0.25) is 0 Å². The lowest BCUT2D eigenvalue weighted by molar-refractivity contribution is 0.227. The lowest BCUT2D eigenvalue weighted by Crippen LogP contribution is -2.08. The monoisotopic (exact) mass is 407 g/mol. The van der Waals surface area contributed by atoms with Crippen LogP contribution in [0.15, 0.2) is 42.7 Å². The third-order valence-electron chi connectivity index (χ3n) is 3.95. The van der Waals surface area contributed by atoms with Gasteiger partial charge in [-0.25, -0.2) is 14.4 Å².